The van der Waals surface area contributed by atoms with Crippen LogP contribution in [0.15, 0.2) is 29.6 Å². The smallest absolute Gasteiger partial charge is 0.318 e. The van der Waals surface area contributed by atoms with Crippen molar-refractivity contribution in [2.75, 3.05) is 0 Å². The van der Waals surface area contributed by atoms with Crippen molar-refractivity contribution in [2.45, 2.75) is 72.7 Å². The second-order valence-corrected chi connectivity index (χ2v) is 8.85. The van der Waals surface area contributed by atoms with Gasteiger partial charge in [-0.2, -0.15) is 0 Å². The Balaban J connectivity index is 2.01. The van der Waals surface area contributed by atoms with Crippen LogP contribution in [-0.2, 0) is 13.2 Å². The molecule has 0 aliphatic rings. The first-order valence-corrected chi connectivity index (χ1v) is 10.3. The average Bonchev–Trinajstić information content (AvgIpc) is 3.03. The topological polar surface area (TPSA) is 54.5 Å². The number of aromatic nitrogens is 1. The van der Waals surface area contributed by atoms with E-state index in [1.807, 2.05) is 62.2 Å². The van der Waals surface area contributed by atoms with Crippen molar-refractivity contribution in [2.24, 2.45) is 0 Å². The van der Waals surface area contributed by atoms with Crippen LogP contribution in [0.2, 0.25) is 0 Å². The number of aryl methyl sites for hydroxylation is 1. The number of ether oxygens (including phenoxy) is 1. The lowest BCUT2D eigenvalue weighted by atomic mass is 10.1. The largest absolute Gasteiger partial charge is 0.486 e. The van der Waals surface area contributed by atoms with Gasteiger partial charge in [-0.05, 0) is 58.7 Å². The van der Waals surface area contributed by atoms with Gasteiger partial charge >= 0.3 is 6.03 Å². The molecule has 0 aliphatic carbocycles. The molecule has 148 valence electrons. The molecular formula is C21H31N3O2S. The molecule has 1 aromatic carbocycles. The van der Waals surface area contributed by atoms with Crippen LogP contribution in [0, 0.1) is 6.92 Å². The lowest BCUT2D eigenvalue weighted by molar-refractivity contribution is 0.164. The van der Waals surface area contributed by atoms with Gasteiger partial charge < -0.3 is 15.0 Å². The summed E-state index contributed by atoms with van der Waals surface area (Å²) in [5.41, 5.74) is 1.80. The third-order valence-electron chi connectivity index (χ3n) is 4.15. The van der Waals surface area contributed by atoms with Gasteiger partial charge in [0.15, 0.2) is 0 Å². The molecule has 0 saturated carbocycles. The number of nitrogens with zero attached hydrogens (tertiary/aromatic N) is 2. The van der Waals surface area contributed by atoms with Gasteiger partial charge in [0.25, 0.3) is 0 Å². The Hall–Kier alpha value is -2.08. The molecule has 0 radical (unpaired) electrons. The second kappa shape index (κ2) is 9.22. The minimum atomic E-state index is -0.266. The van der Waals surface area contributed by atoms with Crippen molar-refractivity contribution in [1.82, 2.24) is 15.2 Å². The van der Waals surface area contributed by atoms with Crippen LogP contribution in [0.3, 0.4) is 0 Å². The molecule has 1 aromatic heterocycles. The van der Waals surface area contributed by atoms with Gasteiger partial charge in [0.05, 0.1) is 12.2 Å². The summed E-state index contributed by atoms with van der Waals surface area (Å²) >= 11 is 1.56. The maximum absolute atomic E-state index is 12.7. The Morgan fingerprint density at radius 2 is 2.11 bits per heavy atom. The minimum absolute atomic E-state index is 0.0533. The zero-order valence-electron chi connectivity index (χ0n) is 17.2. The van der Waals surface area contributed by atoms with Gasteiger partial charge in [0.1, 0.15) is 17.4 Å². The SMILES string of the molecule is CC[C@@H](C)N(Cc1csc(COc2cccc(C)c2)n1)C(=O)NC(C)(C)C. The maximum Gasteiger partial charge on any atom is 0.318 e. The molecular weight excluding hydrogens is 358 g/mol. The van der Waals surface area contributed by atoms with Gasteiger partial charge in [-0.3, -0.25) is 0 Å². The highest BCUT2D eigenvalue weighted by molar-refractivity contribution is 7.09. The van der Waals surface area contributed by atoms with E-state index in [2.05, 4.69) is 24.1 Å². The lowest BCUT2D eigenvalue weighted by Crippen LogP contribution is -2.50. The predicted octanol–water partition coefficient (Wildman–Crippen LogP) is 5.14. The van der Waals surface area contributed by atoms with E-state index in [9.17, 15) is 4.79 Å². The number of hydrogen-bond acceptors (Lipinski definition) is 4. The van der Waals surface area contributed by atoms with E-state index < -0.39 is 0 Å². The van der Waals surface area contributed by atoms with Crippen LogP contribution in [0.5, 0.6) is 5.75 Å². The summed E-state index contributed by atoms with van der Waals surface area (Å²) in [5.74, 6) is 0.845. The number of thiazole rings is 1. The van der Waals surface area contributed by atoms with Crippen molar-refractivity contribution in [3.05, 3.63) is 45.9 Å². The fourth-order valence-electron chi connectivity index (χ4n) is 2.55. The number of nitrogens with one attached hydrogen (secondary N) is 1. The quantitative estimate of drug-likeness (QED) is 0.713. The summed E-state index contributed by atoms with van der Waals surface area (Å²) in [4.78, 5) is 19.2. The third kappa shape index (κ3) is 6.86. The molecule has 2 aromatic rings. The van der Waals surface area contributed by atoms with Gasteiger partial charge in [-0.1, -0.05) is 19.1 Å². The van der Waals surface area contributed by atoms with Crippen LogP contribution >= 0.6 is 11.3 Å². The van der Waals surface area contributed by atoms with Gasteiger partial charge in [0.2, 0.25) is 0 Å². The van der Waals surface area contributed by atoms with E-state index >= 15 is 0 Å². The van der Waals surface area contributed by atoms with Gasteiger partial charge in [0, 0.05) is 17.0 Å². The summed E-state index contributed by atoms with van der Waals surface area (Å²) in [5, 5.41) is 5.97. The highest BCUT2D eigenvalue weighted by atomic mass is 32.1. The average molecular weight is 390 g/mol. The predicted molar refractivity (Wildman–Crippen MR) is 111 cm³/mol. The Morgan fingerprint density at radius 1 is 1.37 bits per heavy atom. The molecule has 0 aliphatic heterocycles. The monoisotopic (exact) mass is 389 g/mol. The number of urea groups is 1. The Kier molecular flexibility index (Phi) is 7.25. The third-order valence-corrected chi connectivity index (χ3v) is 5.02. The van der Waals surface area contributed by atoms with Crippen LogP contribution in [-0.4, -0.2) is 27.5 Å². The molecule has 1 N–H and O–H groups in total. The standard InChI is InChI=1S/C21H31N3O2S/c1-7-16(3)24(20(25)23-21(4,5)6)12-17-14-27-19(22-17)13-26-18-10-8-9-15(2)11-18/h8-11,14,16H,7,12-13H2,1-6H3,(H,23,25)/t16-/m1/s1. The Bertz CT molecular complexity index is 752. The number of carbonyl (C=O) groups excluding carboxylic acids is 1. The molecule has 1 heterocycles. The van der Waals surface area contributed by atoms with E-state index in [1.54, 1.807) is 11.3 Å². The molecule has 2 amide bonds. The first-order valence-electron chi connectivity index (χ1n) is 9.39. The Labute approximate surface area is 166 Å². The first-order chi connectivity index (χ1) is 12.7. The summed E-state index contributed by atoms with van der Waals surface area (Å²) in [6.07, 6.45) is 0.894. The van der Waals surface area contributed by atoms with Crippen LogP contribution < -0.4 is 10.1 Å². The van der Waals surface area contributed by atoms with Gasteiger partial charge in [-0.25, -0.2) is 9.78 Å². The number of carbonyl (C=O) groups is 1. The Morgan fingerprint density at radius 3 is 2.74 bits per heavy atom. The summed E-state index contributed by atoms with van der Waals surface area (Å²) in [6.45, 7) is 13.1. The van der Waals surface area contributed by atoms with E-state index in [0.717, 1.165) is 22.9 Å². The van der Waals surface area contributed by atoms with Crippen LogP contribution in [0.25, 0.3) is 0 Å². The fourth-order valence-corrected chi connectivity index (χ4v) is 3.25. The lowest BCUT2D eigenvalue weighted by Gasteiger charge is -2.32. The maximum atomic E-state index is 12.7. The minimum Gasteiger partial charge on any atom is -0.486 e. The highest BCUT2D eigenvalue weighted by Crippen LogP contribution is 2.19. The van der Waals surface area contributed by atoms with Crippen molar-refractivity contribution >= 4 is 17.4 Å². The zero-order chi connectivity index (χ0) is 20.0. The second-order valence-electron chi connectivity index (χ2n) is 7.90. The summed E-state index contributed by atoms with van der Waals surface area (Å²) < 4.78 is 5.83. The van der Waals surface area contributed by atoms with Crippen molar-refractivity contribution in [3.63, 3.8) is 0 Å². The molecule has 6 heteroatoms. The van der Waals surface area contributed by atoms with Crippen LogP contribution in [0.4, 0.5) is 4.79 Å². The molecule has 2 rings (SSSR count). The molecule has 1 atom stereocenters. The van der Waals surface area contributed by atoms with E-state index in [4.69, 9.17) is 4.74 Å². The summed E-state index contributed by atoms with van der Waals surface area (Å²) in [6, 6.07) is 8.07. The molecule has 27 heavy (non-hydrogen) atoms. The van der Waals surface area contributed by atoms with E-state index in [0.29, 0.717) is 13.2 Å². The molecule has 0 fully saturated rings. The molecule has 5 nitrogen and oxygen atoms in total. The van der Waals surface area contributed by atoms with Crippen LogP contribution in [0.1, 0.15) is 57.3 Å². The number of hydrogen-bond donors (Lipinski definition) is 1. The molecule has 0 saturated heterocycles. The fraction of sp³-hybridized carbons (Fsp3) is 0.524. The normalized spacial score (nSPS) is 12.5. The van der Waals surface area contributed by atoms with Crippen molar-refractivity contribution in [3.8, 4) is 5.75 Å². The van der Waals surface area contributed by atoms with Crippen molar-refractivity contribution < 1.29 is 9.53 Å². The van der Waals surface area contributed by atoms with Crippen molar-refractivity contribution in [1.29, 1.82) is 0 Å². The molecule has 0 bridgehead atoms. The van der Waals surface area contributed by atoms with E-state index in [1.165, 1.54) is 5.56 Å². The number of benzene rings is 1. The first kappa shape index (κ1) is 21.2. The number of rotatable bonds is 7. The number of amides is 2. The molecule has 0 unspecified atom stereocenters. The van der Waals surface area contributed by atoms with Gasteiger partial charge in [-0.15, -0.1) is 11.3 Å². The van der Waals surface area contributed by atoms with E-state index in [-0.39, 0.29) is 17.6 Å². The zero-order valence-corrected chi connectivity index (χ0v) is 18.0. The molecule has 0 spiro atoms. The summed E-state index contributed by atoms with van der Waals surface area (Å²) in [7, 11) is 0. The highest BCUT2D eigenvalue weighted by Gasteiger charge is 2.24.